The Bertz CT molecular complexity index is 1340. The lowest BCUT2D eigenvalue weighted by molar-refractivity contribution is -0.146. The van der Waals surface area contributed by atoms with Gasteiger partial charge in [-0.1, -0.05) is 32.0 Å². The zero-order chi connectivity index (χ0) is 26.6. The number of benzene rings is 1. The summed E-state index contributed by atoms with van der Waals surface area (Å²) < 4.78 is 5.28. The zero-order valence-electron chi connectivity index (χ0n) is 21.7. The molecule has 9 heteroatoms. The van der Waals surface area contributed by atoms with Gasteiger partial charge in [-0.2, -0.15) is 0 Å². The van der Waals surface area contributed by atoms with Crippen molar-refractivity contribution in [2.24, 2.45) is 10.7 Å². The number of aliphatic imine (C=N–C) groups is 1. The van der Waals surface area contributed by atoms with Crippen LogP contribution in [0.3, 0.4) is 0 Å². The predicted molar refractivity (Wildman–Crippen MR) is 147 cm³/mol. The lowest BCUT2D eigenvalue weighted by atomic mass is 9.92. The van der Waals surface area contributed by atoms with Crippen LogP contribution in [0.2, 0.25) is 0 Å². The Balaban J connectivity index is 1.55. The topological polar surface area (TPSA) is 141 Å². The molecular formula is C28H33N7O2. The number of hydrogen-bond donors (Lipinski definition) is 3. The lowest BCUT2D eigenvalue weighted by Gasteiger charge is -2.16. The van der Waals surface area contributed by atoms with Gasteiger partial charge < -0.3 is 21.5 Å². The highest BCUT2D eigenvalue weighted by atomic mass is 16.5. The van der Waals surface area contributed by atoms with Crippen molar-refractivity contribution in [1.82, 2.24) is 15.0 Å². The van der Waals surface area contributed by atoms with E-state index < -0.39 is 5.41 Å². The van der Waals surface area contributed by atoms with Crippen molar-refractivity contribution in [3.05, 3.63) is 72.1 Å². The molecule has 0 radical (unpaired) electrons. The van der Waals surface area contributed by atoms with Crippen LogP contribution in [0.25, 0.3) is 16.7 Å². The van der Waals surface area contributed by atoms with E-state index in [4.69, 9.17) is 16.2 Å². The van der Waals surface area contributed by atoms with E-state index in [0.29, 0.717) is 35.2 Å². The van der Waals surface area contributed by atoms with Gasteiger partial charge in [0.25, 0.3) is 0 Å². The zero-order valence-corrected chi connectivity index (χ0v) is 21.7. The van der Waals surface area contributed by atoms with E-state index in [0.717, 1.165) is 35.2 Å². The average Bonchev–Trinajstić information content (AvgIpc) is 3.71. The first kappa shape index (κ1) is 25.8. The first-order valence-electron chi connectivity index (χ1n) is 12.3. The molecule has 0 saturated heterocycles. The minimum Gasteiger partial charge on any atom is -0.465 e. The molecule has 0 unspecified atom stereocenters. The molecular weight excluding hydrogens is 466 g/mol. The smallest absolute Gasteiger partial charge is 0.316 e. The van der Waals surface area contributed by atoms with Gasteiger partial charge in [0.05, 0.1) is 35.2 Å². The van der Waals surface area contributed by atoms with Gasteiger partial charge in [-0.05, 0) is 43.4 Å². The minimum absolute atomic E-state index is 0.182. The van der Waals surface area contributed by atoms with Crippen LogP contribution in [-0.4, -0.2) is 40.4 Å². The van der Waals surface area contributed by atoms with E-state index in [2.05, 4.69) is 39.1 Å². The van der Waals surface area contributed by atoms with E-state index in [1.54, 1.807) is 25.6 Å². The van der Waals surface area contributed by atoms with E-state index >= 15 is 0 Å². The van der Waals surface area contributed by atoms with E-state index in [9.17, 15) is 4.79 Å². The third-order valence-corrected chi connectivity index (χ3v) is 6.51. The van der Waals surface area contributed by atoms with Crippen LogP contribution in [0, 0.1) is 0 Å². The van der Waals surface area contributed by atoms with Crippen LogP contribution < -0.4 is 16.8 Å². The molecule has 3 aromatic rings. The Morgan fingerprint density at radius 1 is 1.22 bits per heavy atom. The highest BCUT2D eigenvalue weighted by Gasteiger charge is 2.52. The molecule has 9 nitrogen and oxygen atoms in total. The first-order chi connectivity index (χ1) is 17.8. The van der Waals surface area contributed by atoms with Gasteiger partial charge in [-0.25, -0.2) is 4.98 Å². The Kier molecular flexibility index (Phi) is 7.52. The van der Waals surface area contributed by atoms with Crippen LogP contribution in [0.5, 0.6) is 0 Å². The summed E-state index contributed by atoms with van der Waals surface area (Å²) >= 11 is 0. The maximum atomic E-state index is 12.5. The molecule has 0 amide bonds. The molecule has 1 aliphatic carbocycles. The molecule has 4 rings (SSSR count). The van der Waals surface area contributed by atoms with Gasteiger partial charge in [0.2, 0.25) is 0 Å². The number of amidine groups is 1. The molecule has 192 valence electrons. The SMILES string of the molecule is CCOC(=O)C1(c2ccc(-c3ccc(C(=CN)C(=NC)Nc4cncc(C(C)C)n4)nc3)c(N)c2)CC1. The molecule has 37 heavy (non-hydrogen) atoms. The number of hydrogen-bond acceptors (Lipinski definition) is 8. The second-order valence-corrected chi connectivity index (χ2v) is 9.30. The van der Waals surface area contributed by atoms with Crippen LogP contribution in [0.4, 0.5) is 11.5 Å². The van der Waals surface area contributed by atoms with Crippen LogP contribution in [0.1, 0.15) is 56.5 Å². The van der Waals surface area contributed by atoms with Crippen molar-refractivity contribution in [2.45, 2.75) is 44.9 Å². The average molecular weight is 500 g/mol. The van der Waals surface area contributed by atoms with Crippen molar-refractivity contribution in [2.75, 3.05) is 24.7 Å². The standard InChI is InChI=1S/C28H33N7O2/c1-5-37-27(36)28(10-11-28)19-7-8-20(22(30)12-19)18-6-9-23(33-14-18)21(13-29)26(31-4)35-25-16-32-15-24(34-25)17(2)3/h6-9,12-17H,5,10-11,29-30H2,1-4H3,(H,31,34,35). The number of nitrogen functional groups attached to an aromatic ring is 1. The van der Waals surface area contributed by atoms with Crippen molar-refractivity contribution in [3.8, 4) is 11.1 Å². The summed E-state index contributed by atoms with van der Waals surface area (Å²) in [4.78, 5) is 30.3. The van der Waals surface area contributed by atoms with E-state index in [1.165, 1.54) is 6.20 Å². The van der Waals surface area contributed by atoms with Gasteiger partial charge in [0.1, 0.15) is 11.7 Å². The fourth-order valence-corrected chi connectivity index (χ4v) is 4.21. The molecule has 0 atom stereocenters. The lowest BCUT2D eigenvalue weighted by Crippen LogP contribution is -2.23. The highest BCUT2D eigenvalue weighted by molar-refractivity contribution is 6.27. The summed E-state index contributed by atoms with van der Waals surface area (Å²) in [7, 11) is 1.67. The molecule has 1 fully saturated rings. The number of pyridine rings is 1. The molecule has 0 bridgehead atoms. The fraction of sp³-hybridized carbons (Fsp3) is 0.321. The summed E-state index contributed by atoms with van der Waals surface area (Å²) in [5.41, 5.74) is 17.1. The van der Waals surface area contributed by atoms with E-state index in [1.807, 2.05) is 37.3 Å². The molecule has 0 aliphatic heterocycles. The third kappa shape index (κ3) is 5.30. The van der Waals surface area contributed by atoms with Gasteiger partial charge in [-0.3, -0.25) is 19.8 Å². The molecule has 2 heterocycles. The molecule has 1 saturated carbocycles. The number of esters is 1. The summed E-state index contributed by atoms with van der Waals surface area (Å²) in [6.45, 7) is 6.30. The predicted octanol–water partition coefficient (Wildman–Crippen LogP) is 4.28. The second kappa shape index (κ2) is 10.8. The van der Waals surface area contributed by atoms with Crippen molar-refractivity contribution in [1.29, 1.82) is 0 Å². The van der Waals surface area contributed by atoms with Gasteiger partial charge in [0, 0.05) is 42.5 Å². The van der Waals surface area contributed by atoms with Crippen molar-refractivity contribution >= 4 is 28.9 Å². The van der Waals surface area contributed by atoms with Crippen LogP contribution in [0.15, 0.2) is 60.1 Å². The highest BCUT2D eigenvalue weighted by Crippen LogP contribution is 2.50. The van der Waals surface area contributed by atoms with Gasteiger partial charge in [-0.15, -0.1) is 0 Å². The number of ether oxygens (including phenoxy) is 1. The molecule has 1 aliphatic rings. The molecule has 2 aromatic heterocycles. The Hall–Kier alpha value is -4.27. The normalized spacial score (nSPS) is 14.9. The number of carbonyl (C=O) groups excluding carboxylic acids is 1. The number of nitrogens with zero attached hydrogens (tertiary/aromatic N) is 4. The van der Waals surface area contributed by atoms with Crippen molar-refractivity contribution in [3.63, 3.8) is 0 Å². The number of nitrogens with one attached hydrogen (secondary N) is 1. The molecule has 1 aromatic carbocycles. The Morgan fingerprint density at radius 3 is 2.57 bits per heavy atom. The summed E-state index contributed by atoms with van der Waals surface area (Å²) in [5, 5.41) is 3.20. The van der Waals surface area contributed by atoms with Crippen LogP contribution >= 0.6 is 0 Å². The number of carbonyl (C=O) groups is 1. The minimum atomic E-state index is -0.562. The second-order valence-electron chi connectivity index (χ2n) is 9.30. The molecule has 0 spiro atoms. The maximum Gasteiger partial charge on any atom is 0.316 e. The van der Waals surface area contributed by atoms with Crippen molar-refractivity contribution < 1.29 is 9.53 Å². The molecule has 5 N–H and O–H groups in total. The number of aromatic nitrogens is 3. The Labute approximate surface area is 217 Å². The van der Waals surface area contributed by atoms with Gasteiger partial charge >= 0.3 is 5.97 Å². The first-order valence-corrected chi connectivity index (χ1v) is 12.3. The largest absolute Gasteiger partial charge is 0.465 e. The summed E-state index contributed by atoms with van der Waals surface area (Å²) in [6, 6.07) is 9.55. The van der Waals surface area contributed by atoms with Gasteiger partial charge in [0.15, 0.2) is 0 Å². The Morgan fingerprint density at radius 2 is 2.00 bits per heavy atom. The number of rotatable bonds is 8. The van der Waals surface area contributed by atoms with E-state index in [-0.39, 0.29) is 11.9 Å². The number of nitrogens with two attached hydrogens (primary N) is 2. The summed E-state index contributed by atoms with van der Waals surface area (Å²) in [6.07, 6.45) is 8.15. The van der Waals surface area contributed by atoms with Crippen LogP contribution in [-0.2, 0) is 14.9 Å². The summed E-state index contributed by atoms with van der Waals surface area (Å²) in [5.74, 6) is 1.16. The maximum absolute atomic E-state index is 12.5. The monoisotopic (exact) mass is 499 g/mol. The fourth-order valence-electron chi connectivity index (χ4n) is 4.21. The third-order valence-electron chi connectivity index (χ3n) is 6.51. The number of anilines is 2. The quantitative estimate of drug-likeness (QED) is 0.180.